The fraction of sp³-hybridized carbons (Fsp3) is 0.364. The molecule has 0 aromatic heterocycles. The van der Waals surface area contributed by atoms with Crippen LogP contribution in [-0.4, -0.2) is 29.0 Å². The molecule has 136 valence electrons. The molecule has 0 N–H and O–H groups in total. The Morgan fingerprint density at radius 1 is 1.04 bits per heavy atom. The molecule has 2 aromatic carbocycles. The van der Waals surface area contributed by atoms with E-state index in [1.54, 1.807) is 4.90 Å². The summed E-state index contributed by atoms with van der Waals surface area (Å²) in [6.07, 6.45) is 2.31. The van der Waals surface area contributed by atoms with Crippen LogP contribution in [0.4, 0.5) is 10.5 Å². The number of nitrogens with zero attached hydrogens (tertiary/aromatic N) is 2. The van der Waals surface area contributed by atoms with Crippen molar-refractivity contribution < 1.29 is 9.53 Å². The van der Waals surface area contributed by atoms with Gasteiger partial charge in [-0.25, -0.2) is 9.79 Å². The van der Waals surface area contributed by atoms with E-state index in [4.69, 9.17) is 4.74 Å². The zero-order valence-corrected chi connectivity index (χ0v) is 15.7. The van der Waals surface area contributed by atoms with Crippen molar-refractivity contribution in [2.75, 3.05) is 6.54 Å². The van der Waals surface area contributed by atoms with Gasteiger partial charge in [0, 0.05) is 13.0 Å². The molecule has 1 aliphatic heterocycles. The number of hydrogen-bond acceptors (Lipinski definition) is 3. The van der Waals surface area contributed by atoms with Gasteiger partial charge < -0.3 is 4.74 Å². The Morgan fingerprint density at radius 2 is 1.69 bits per heavy atom. The second-order valence-corrected chi connectivity index (χ2v) is 7.59. The summed E-state index contributed by atoms with van der Waals surface area (Å²) < 4.78 is 5.48. The molecule has 0 radical (unpaired) electrons. The molecule has 1 aliphatic rings. The molecule has 4 nitrogen and oxygen atoms in total. The van der Waals surface area contributed by atoms with Gasteiger partial charge in [0.15, 0.2) is 0 Å². The van der Waals surface area contributed by atoms with E-state index in [1.165, 1.54) is 11.1 Å². The Bertz CT molecular complexity index is 774. The number of carbonyl (C=O) groups is 1. The number of rotatable bonds is 3. The average molecular weight is 350 g/mol. The van der Waals surface area contributed by atoms with Crippen molar-refractivity contribution in [3.8, 4) is 0 Å². The monoisotopic (exact) mass is 350 g/mol. The Balaban J connectivity index is 1.69. The first kappa shape index (κ1) is 18.2. The number of aliphatic imine (C=N–C) groups is 1. The van der Waals surface area contributed by atoms with Gasteiger partial charge in [0.1, 0.15) is 11.4 Å². The summed E-state index contributed by atoms with van der Waals surface area (Å²) in [6, 6.07) is 18.6. The molecule has 1 heterocycles. The third-order valence-corrected chi connectivity index (χ3v) is 4.15. The number of likely N-dealkylation sites (tertiary alicyclic amines) is 1. The van der Waals surface area contributed by atoms with Crippen molar-refractivity contribution in [1.29, 1.82) is 0 Å². The quantitative estimate of drug-likeness (QED) is 0.750. The van der Waals surface area contributed by atoms with Gasteiger partial charge in [-0.2, -0.15) is 0 Å². The van der Waals surface area contributed by atoms with E-state index < -0.39 is 5.60 Å². The van der Waals surface area contributed by atoms with E-state index in [0.29, 0.717) is 6.54 Å². The molecule has 0 bridgehead atoms. The minimum atomic E-state index is -0.496. The zero-order valence-electron chi connectivity index (χ0n) is 15.7. The van der Waals surface area contributed by atoms with Crippen LogP contribution in [0.3, 0.4) is 0 Å². The van der Waals surface area contributed by atoms with Gasteiger partial charge in [-0.15, -0.1) is 0 Å². The third kappa shape index (κ3) is 4.94. The summed E-state index contributed by atoms with van der Waals surface area (Å²) in [4.78, 5) is 18.7. The summed E-state index contributed by atoms with van der Waals surface area (Å²) in [5.74, 6) is 0.787. The van der Waals surface area contributed by atoms with Crippen molar-refractivity contribution in [2.24, 2.45) is 4.99 Å². The smallest absolute Gasteiger partial charge is 0.415 e. The minimum absolute atomic E-state index is 0.311. The number of carbonyl (C=O) groups excluding carboxylic acids is 1. The summed E-state index contributed by atoms with van der Waals surface area (Å²) in [6.45, 7) is 6.30. The third-order valence-electron chi connectivity index (χ3n) is 4.15. The highest BCUT2D eigenvalue weighted by molar-refractivity contribution is 5.98. The lowest BCUT2D eigenvalue weighted by molar-refractivity contribution is 0.0383. The molecule has 0 spiro atoms. The Labute approximate surface area is 155 Å². The van der Waals surface area contributed by atoms with Crippen LogP contribution in [-0.2, 0) is 11.2 Å². The Morgan fingerprint density at radius 3 is 2.35 bits per heavy atom. The van der Waals surface area contributed by atoms with Crippen LogP contribution in [0, 0.1) is 0 Å². The molecule has 0 atom stereocenters. The minimum Gasteiger partial charge on any atom is -0.443 e. The van der Waals surface area contributed by atoms with Crippen molar-refractivity contribution in [3.63, 3.8) is 0 Å². The lowest BCUT2D eigenvalue weighted by Crippen LogP contribution is -2.37. The molecule has 1 fully saturated rings. The zero-order chi connectivity index (χ0) is 18.6. The topological polar surface area (TPSA) is 41.9 Å². The van der Waals surface area contributed by atoms with Crippen LogP contribution in [0.2, 0.25) is 0 Å². The Hall–Kier alpha value is -2.62. The SMILES string of the molecule is CC(C)(C)OC(=O)N1CCC/C1=N\c1ccc(Cc2ccccc2)cc1. The maximum atomic E-state index is 12.3. The molecule has 1 amide bonds. The van der Waals surface area contributed by atoms with Gasteiger partial charge in [0.2, 0.25) is 0 Å². The molecule has 0 saturated carbocycles. The van der Waals surface area contributed by atoms with E-state index >= 15 is 0 Å². The summed E-state index contributed by atoms with van der Waals surface area (Å²) >= 11 is 0. The van der Waals surface area contributed by atoms with Gasteiger partial charge in [0.05, 0.1) is 5.69 Å². The average Bonchev–Trinajstić information content (AvgIpc) is 3.04. The fourth-order valence-electron chi connectivity index (χ4n) is 2.96. The lowest BCUT2D eigenvalue weighted by atomic mass is 10.1. The van der Waals surface area contributed by atoms with Crippen LogP contribution in [0.1, 0.15) is 44.7 Å². The molecule has 0 unspecified atom stereocenters. The second-order valence-electron chi connectivity index (χ2n) is 7.59. The lowest BCUT2D eigenvalue weighted by Gasteiger charge is -2.24. The predicted octanol–water partition coefficient (Wildman–Crippen LogP) is 5.34. The molecule has 1 saturated heterocycles. The summed E-state index contributed by atoms with van der Waals surface area (Å²) in [7, 11) is 0. The number of amides is 1. The highest BCUT2D eigenvalue weighted by Crippen LogP contribution is 2.22. The first-order valence-electron chi connectivity index (χ1n) is 9.12. The van der Waals surface area contributed by atoms with E-state index in [2.05, 4.69) is 41.4 Å². The molecular weight excluding hydrogens is 324 g/mol. The fourth-order valence-corrected chi connectivity index (χ4v) is 2.96. The van der Waals surface area contributed by atoms with E-state index in [0.717, 1.165) is 30.8 Å². The highest BCUT2D eigenvalue weighted by Gasteiger charge is 2.29. The van der Waals surface area contributed by atoms with Gasteiger partial charge in [-0.05, 0) is 56.9 Å². The molecular formula is C22H26N2O2. The van der Waals surface area contributed by atoms with E-state index in [9.17, 15) is 4.79 Å². The van der Waals surface area contributed by atoms with Crippen molar-refractivity contribution in [2.45, 2.75) is 45.6 Å². The Kier molecular flexibility index (Phi) is 5.40. The molecule has 26 heavy (non-hydrogen) atoms. The van der Waals surface area contributed by atoms with Gasteiger partial charge in [-0.3, -0.25) is 4.90 Å². The van der Waals surface area contributed by atoms with Crippen LogP contribution in [0.15, 0.2) is 59.6 Å². The first-order chi connectivity index (χ1) is 12.4. The standard InChI is InChI=1S/C22H26N2O2/c1-22(2,3)26-21(25)24-15-7-10-20(24)23-19-13-11-18(12-14-19)16-17-8-5-4-6-9-17/h4-6,8-9,11-14H,7,10,15-16H2,1-3H3/b23-20+. The molecule has 4 heteroatoms. The number of hydrogen-bond donors (Lipinski definition) is 0. The van der Waals surface area contributed by atoms with Crippen LogP contribution in [0.5, 0.6) is 0 Å². The van der Waals surface area contributed by atoms with Gasteiger partial charge >= 0.3 is 6.09 Å². The van der Waals surface area contributed by atoms with Crippen molar-refractivity contribution >= 4 is 17.6 Å². The van der Waals surface area contributed by atoms with Gasteiger partial charge in [-0.1, -0.05) is 42.5 Å². The summed E-state index contributed by atoms with van der Waals surface area (Å²) in [5.41, 5.74) is 2.91. The molecule has 0 aliphatic carbocycles. The molecule has 3 rings (SSSR count). The van der Waals surface area contributed by atoms with Crippen LogP contribution >= 0.6 is 0 Å². The normalized spacial score (nSPS) is 16.1. The van der Waals surface area contributed by atoms with Crippen molar-refractivity contribution in [1.82, 2.24) is 4.90 Å². The maximum absolute atomic E-state index is 12.3. The van der Waals surface area contributed by atoms with E-state index in [1.807, 2.05) is 39.0 Å². The second kappa shape index (κ2) is 7.73. The maximum Gasteiger partial charge on any atom is 0.415 e. The number of ether oxygens (including phenoxy) is 1. The van der Waals surface area contributed by atoms with Gasteiger partial charge in [0.25, 0.3) is 0 Å². The van der Waals surface area contributed by atoms with Crippen LogP contribution in [0.25, 0.3) is 0 Å². The summed E-state index contributed by atoms with van der Waals surface area (Å²) in [5, 5.41) is 0. The van der Waals surface area contributed by atoms with E-state index in [-0.39, 0.29) is 6.09 Å². The number of benzene rings is 2. The number of amidine groups is 1. The largest absolute Gasteiger partial charge is 0.443 e. The highest BCUT2D eigenvalue weighted by atomic mass is 16.6. The molecule has 2 aromatic rings. The first-order valence-corrected chi connectivity index (χ1v) is 9.12. The van der Waals surface area contributed by atoms with Crippen molar-refractivity contribution in [3.05, 3.63) is 65.7 Å². The predicted molar refractivity (Wildman–Crippen MR) is 105 cm³/mol. The van der Waals surface area contributed by atoms with Crippen LogP contribution < -0.4 is 0 Å².